The minimum absolute atomic E-state index is 0. The van der Waals surface area contributed by atoms with Crippen LogP contribution < -0.4 is 0 Å². The Kier molecular flexibility index (Phi) is 524. The van der Waals surface area contributed by atoms with Crippen LogP contribution in [0.15, 0.2) is 0 Å². The van der Waals surface area contributed by atoms with Crippen molar-refractivity contribution in [3.05, 3.63) is 14.4 Å². The fourth-order valence-corrected chi connectivity index (χ4v) is 0. The Morgan fingerprint density at radius 1 is 1.25 bits per heavy atom. The molecule has 0 aliphatic carbocycles. The third-order valence-corrected chi connectivity index (χ3v) is 0. The molecule has 0 saturated heterocycles. The van der Waals surface area contributed by atoms with Crippen molar-refractivity contribution in [1.82, 2.24) is 0 Å². The summed E-state index contributed by atoms with van der Waals surface area (Å²) in [4.78, 5) is 0. The summed E-state index contributed by atoms with van der Waals surface area (Å²) in [5, 5.41) is 0. The molecule has 0 heterocycles. The topological polar surface area (TPSA) is 0 Å². The van der Waals surface area contributed by atoms with E-state index in [2.05, 4.69) is 6.92 Å². The van der Waals surface area contributed by atoms with Gasteiger partial charge in [-0.05, 0) is 0 Å². The monoisotopic (exact) mass is 103 g/mol. The molecule has 0 atom stereocenters. The predicted octanol–water partition coefficient (Wildman–Crippen LogP) is 1.29. The fourth-order valence-electron chi connectivity index (χ4n) is 0. The summed E-state index contributed by atoms with van der Waals surface area (Å²) in [6.07, 6.45) is 0. The van der Waals surface area contributed by atoms with Gasteiger partial charge in [0.25, 0.3) is 0 Å². The van der Waals surface area contributed by atoms with Crippen LogP contribution in [0.2, 0.25) is 0 Å². The second-order valence-corrected chi connectivity index (χ2v) is 0. The molecule has 0 rings (SSSR count). The van der Waals surface area contributed by atoms with Crippen molar-refractivity contribution in [2.24, 2.45) is 0 Å². The molecule has 1 heteroatoms. The Labute approximate surface area is 38.8 Å². The van der Waals surface area contributed by atoms with E-state index in [1.54, 1.807) is 6.92 Å². The Balaban J connectivity index is -0.00000000500. The van der Waals surface area contributed by atoms with Crippen LogP contribution >= 0.6 is 0 Å². The zero-order valence-corrected chi connectivity index (χ0v) is 4.08. The molecular formula is C3H8Co. The molecule has 0 nitrogen and oxygen atoms in total. The number of hydrogen-bond acceptors (Lipinski definition) is 0. The van der Waals surface area contributed by atoms with Crippen molar-refractivity contribution in [2.75, 3.05) is 0 Å². The van der Waals surface area contributed by atoms with Gasteiger partial charge in [-0.1, -0.05) is 0 Å². The second-order valence-electron chi connectivity index (χ2n) is 0. The van der Waals surface area contributed by atoms with Crippen molar-refractivity contribution in [1.29, 1.82) is 0 Å². The largest absolute Gasteiger partial charge is 2.00 e. The summed E-state index contributed by atoms with van der Waals surface area (Å²) < 4.78 is 0. The van der Waals surface area contributed by atoms with Crippen LogP contribution in [0.1, 0.15) is 6.92 Å². The van der Waals surface area contributed by atoms with Gasteiger partial charge in [-0.25, -0.2) is 0 Å². The van der Waals surface area contributed by atoms with Crippen molar-refractivity contribution in [2.45, 2.75) is 6.92 Å². The number of hydrogen-bond donors (Lipinski definition) is 0. The fraction of sp³-hybridized carbons (Fsp3) is 0.333. The first kappa shape index (κ1) is 24.4. The van der Waals surface area contributed by atoms with Crippen molar-refractivity contribution in [3.63, 3.8) is 0 Å². The van der Waals surface area contributed by atoms with E-state index >= 15 is 0 Å². The van der Waals surface area contributed by atoms with Gasteiger partial charge >= 0.3 is 16.8 Å². The zero-order valence-electron chi connectivity index (χ0n) is 3.04. The van der Waals surface area contributed by atoms with Crippen LogP contribution in [-0.2, 0) is 16.8 Å². The van der Waals surface area contributed by atoms with E-state index in [1.807, 2.05) is 0 Å². The summed E-state index contributed by atoms with van der Waals surface area (Å²) >= 11 is 0. The van der Waals surface area contributed by atoms with Crippen LogP contribution in [0.4, 0.5) is 0 Å². The number of rotatable bonds is 0. The molecule has 0 aromatic rings. The first-order chi connectivity index (χ1) is 1.00. The van der Waals surface area contributed by atoms with Gasteiger partial charge < -0.3 is 14.4 Å². The standard InChI is InChI=1S/C2H5.CH3.Co/c1-2;;/h1H2,2H3;1H3;/q2*-1;+2. The van der Waals surface area contributed by atoms with Crippen LogP contribution in [0.25, 0.3) is 0 Å². The van der Waals surface area contributed by atoms with E-state index in [1.165, 1.54) is 0 Å². The van der Waals surface area contributed by atoms with Crippen molar-refractivity contribution < 1.29 is 16.8 Å². The van der Waals surface area contributed by atoms with Gasteiger partial charge in [0.05, 0.1) is 0 Å². The maximum atomic E-state index is 3.25. The molecular weight excluding hydrogens is 95.0 g/mol. The molecule has 0 fully saturated rings. The van der Waals surface area contributed by atoms with Gasteiger partial charge in [0.1, 0.15) is 0 Å². The van der Waals surface area contributed by atoms with E-state index in [-0.39, 0.29) is 24.2 Å². The van der Waals surface area contributed by atoms with E-state index < -0.39 is 0 Å². The molecule has 0 aromatic heterocycles. The van der Waals surface area contributed by atoms with Crippen LogP contribution in [0, 0.1) is 14.4 Å². The molecule has 0 aliphatic heterocycles. The molecule has 4 heavy (non-hydrogen) atoms. The van der Waals surface area contributed by atoms with Gasteiger partial charge in [0.2, 0.25) is 0 Å². The predicted molar refractivity (Wildman–Crippen MR) is 17.4 cm³/mol. The molecule has 0 aromatic carbocycles. The van der Waals surface area contributed by atoms with Crippen LogP contribution in [0.3, 0.4) is 0 Å². The van der Waals surface area contributed by atoms with E-state index in [0.29, 0.717) is 0 Å². The summed E-state index contributed by atoms with van der Waals surface area (Å²) in [7, 11) is 0. The maximum absolute atomic E-state index is 3.25. The summed E-state index contributed by atoms with van der Waals surface area (Å²) in [5.74, 6) is 0. The average Bonchev–Trinajstić information content (AvgIpc) is 1.00. The quantitative estimate of drug-likeness (QED) is 0.405. The molecule has 1 radical (unpaired) electrons. The normalized spacial score (nSPS) is 1.50. The average molecular weight is 103 g/mol. The SMILES string of the molecule is [CH2-]C.[CH3-].[Co+2]. The Hall–Kier alpha value is 0.506. The van der Waals surface area contributed by atoms with Crippen molar-refractivity contribution in [3.8, 4) is 0 Å². The maximum Gasteiger partial charge on any atom is 2.00 e. The van der Waals surface area contributed by atoms with Crippen LogP contribution in [0.5, 0.6) is 0 Å². The molecule has 0 unspecified atom stereocenters. The van der Waals surface area contributed by atoms with Crippen LogP contribution in [-0.4, -0.2) is 0 Å². The Morgan fingerprint density at radius 3 is 1.25 bits per heavy atom. The van der Waals surface area contributed by atoms with E-state index in [4.69, 9.17) is 0 Å². The van der Waals surface area contributed by atoms with Crippen molar-refractivity contribution >= 4 is 0 Å². The van der Waals surface area contributed by atoms with Gasteiger partial charge in [-0.15, -0.1) is 0 Å². The van der Waals surface area contributed by atoms with Gasteiger partial charge in [-0.3, -0.25) is 0 Å². The minimum Gasteiger partial charge on any atom is -0.358 e. The molecule has 0 amide bonds. The minimum atomic E-state index is 0. The summed E-state index contributed by atoms with van der Waals surface area (Å²) in [5.41, 5.74) is 0. The molecule has 0 bridgehead atoms. The molecule has 0 saturated carbocycles. The Morgan fingerprint density at radius 2 is 1.25 bits per heavy atom. The van der Waals surface area contributed by atoms with E-state index in [0.717, 1.165) is 0 Å². The molecule has 0 N–H and O–H groups in total. The third kappa shape index (κ3) is 22.2. The summed E-state index contributed by atoms with van der Waals surface area (Å²) in [6, 6.07) is 0. The van der Waals surface area contributed by atoms with E-state index in [9.17, 15) is 0 Å². The third-order valence-electron chi connectivity index (χ3n) is 0. The molecule has 29 valence electrons. The van der Waals surface area contributed by atoms with Gasteiger partial charge in [0.15, 0.2) is 0 Å². The Bertz CT molecular complexity index is 3.25. The smallest absolute Gasteiger partial charge is 0.358 e. The molecule has 0 aliphatic rings. The first-order valence-electron chi connectivity index (χ1n) is 0.707. The van der Waals surface area contributed by atoms with Gasteiger partial charge in [-0.2, -0.15) is 6.92 Å². The van der Waals surface area contributed by atoms with Gasteiger partial charge in [0, 0.05) is 0 Å². The first-order valence-corrected chi connectivity index (χ1v) is 0.707. The summed E-state index contributed by atoms with van der Waals surface area (Å²) in [6.45, 7) is 5.00. The zero-order chi connectivity index (χ0) is 2.00. The molecule has 0 spiro atoms. The second kappa shape index (κ2) is 85.9.